The number of carboxylic acid groups (broad SMARTS) is 1. The molecule has 0 bridgehead atoms. The first-order valence-electron chi connectivity index (χ1n) is 4.67. The van der Waals surface area contributed by atoms with Gasteiger partial charge in [0.25, 0.3) is 0 Å². The largest absolute Gasteiger partial charge is 0.530 e. The zero-order valence-corrected chi connectivity index (χ0v) is 10.8. The molecule has 0 aromatic heterocycles. The molecule has 1 rings (SSSR count). The first-order valence-corrected chi connectivity index (χ1v) is 5.91. The Bertz CT molecular complexity index is 327. The lowest BCUT2D eigenvalue weighted by atomic mass is 10.0. The average Bonchev–Trinajstić information content (AvgIpc) is 2.18. The number of nitrogens with zero attached hydrogens (tertiary/aromatic N) is 1. The molecule has 1 amide bonds. The van der Waals surface area contributed by atoms with Gasteiger partial charge in [-0.1, -0.05) is 59.8 Å². The van der Waals surface area contributed by atoms with E-state index in [1.165, 1.54) is 4.90 Å². The Morgan fingerprint density at radius 3 is 2.33 bits per heavy atom. The zero-order valence-electron chi connectivity index (χ0n) is 8.68. The molecule has 3 nitrogen and oxygen atoms in total. The standard InChI is InChI=1S/C11H14INO2/c1-8(12)10(13(2)11(14)15)9-6-4-3-5-7-9/h3-8,10H,1-2H3,(H,14,15)/p-1. The number of halogens is 1. The molecule has 0 aliphatic heterocycles. The minimum Gasteiger partial charge on any atom is -0.530 e. The molecule has 0 fully saturated rings. The van der Waals surface area contributed by atoms with Gasteiger partial charge in [0.2, 0.25) is 0 Å². The first-order chi connectivity index (χ1) is 7.04. The number of benzene rings is 1. The minimum atomic E-state index is -1.15. The van der Waals surface area contributed by atoms with E-state index in [9.17, 15) is 9.90 Å². The van der Waals surface area contributed by atoms with Crippen molar-refractivity contribution in [2.75, 3.05) is 7.05 Å². The molecule has 82 valence electrons. The molecular formula is C11H13INO2-. The molecule has 1 aromatic carbocycles. The van der Waals surface area contributed by atoms with Gasteiger partial charge in [-0.15, -0.1) is 0 Å². The summed E-state index contributed by atoms with van der Waals surface area (Å²) in [5, 5.41) is 10.8. The number of alkyl halides is 1. The molecule has 0 saturated heterocycles. The second-order valence-electron chi connectivity index (χ2n) is 3.41. The molecule has 0 spiro atoms. The van der Waals surface area contributed by atoms with Crippen molar-refractivity contribution in [2.24, 2.45) is 0 Å². The zero-order chi connectivity index (χ0) is 11.4. The molecule has 0 aliphatic rings. The maximum absolute atomic E-state index is 10.8. The number of carbonyl (C=O) groups excluding carboxylic acids is 1. The van der Waals surface area contributed by atoms with E-state index in [0.717, 1.165) is 5.56 Å². The van der Waals surface area contributed by atoms with Crippen LogP contribution in [0.15, 0.2) is 30.3 Å². The SMILES string of the molecule is CC(I)C(c1ccccc1)N(C)C(=O)[O-]. The van der Waals surface area contributed by atoms with E-state index < -0.39 is 6.09 Å². The highest BCUT2D eigenvalue weighted by Gasteiger charge is 2.21. The van der Waals surface area contributed by atoms with E-state index in [4.69, 9.17) is 0 Å². The van der Waals surface area contributed by atoms with Crippen LogP contribution in [0.25, 0.3) is 0 Å². The highest BCUT2D eigenvalue weighted by molar-refractivity contribution is 14.1. The maximum Gasteiger partial charge on any atom is 0.137 e. The Morgan fingerprint density at radius 1 is 1.40 bits per heavy atom. The number of rotatable bonds is 3. The fourth-order valence-electron chi connectivity index (χ4n) is 1.56. The summed E-state index contributed by atoms with van der Waals surface area (Å²) in [7, 11) is 1.54. The number of hydrogen-bond donors (Lipinski definition) is 0. The van der Waals surface area contributed by atoms with Crippen molar-refractivity contribution < 1.29 is 9.90 Å². The summed E-state index contributed by atoms with van der Waals surface area (Å²) in [5.41, 5.74) is 0.992. The van der Waals surface area contributed by atoms with Gasteiger partial charge in [-0.25, -0.2) is 0 Å². The van der Waals surface area contributed by atoms with Gasteiger partial charge in [0.1, 0.15) is 6.09 Å². The van der Waals surface area contributed by atoms with E-state index in [-0.39, 0.29) is 9.97 Å². The van der Waals surface area contributed by atoms with Crippen molar-refractivity contribution in [3.05, 3.63) is 35.9 Å². The highest BCUT2D eigenvalue weighted by Crippen LogP contribution is 2.27. The van der Waals surface area contributed by atoms with Crippen molar-refractivity contribution >= 4 is 28.7 Å². The summed E-state index contributed by atoms with van der Waals surface area (Å²) in [5.74, 6) is 0. The molecule has 0 aliphatic carbocycles. The van der Waals surface area contributed by atoms with Crippen molar-refractivity contribution in [2.45, 2.75) is 16.9 Å². The molecule has 4 heteroatoms. The lowest BCUT2D eigenvalue weighted by molar-refractivity contribution is -0.266. The van der Waals surface area contributed by atoms with Crippen LogP contribution in [0.4, 0.5) is 4.79 Å². The lowest BCUT2D eigenvalue weighted by Gasteiger charge is -2.32. The Kier molecular flexibility index (Phi) is 4.38. The number of carbonyl (C=O) groups is 1. The van der Waals surface area contributed by atoms with Crippen LogP contribution in [0.5, 0.6) is 0 Å². The van der Waals surface area contributed by atoms with E-state index in [1.807, 2.05) is 37.3 Å². The van der Waals surface area contributed by atoms with E-state index in [0.29, 0.717) is 0 Å². The third kappa shape index (κ3) is 3.09. The summed E-state index contributed by atoms with van der Waals surface area (Å²) >= 11 is 2.22. The van der Waals surface area contributed by atoms with Crippen molar-refractivity contribution in [1.82, 2.24) is 4.90 Å². The van der Waals surface area contributed by atoms with Gasteiger partial charge in [-0.2, -0.15) is 0 Å². The summed E-state index contributed by atoms with van der Waals surface area (Å²) in [6.45, 7) is 1.98. The minimum absolute atomic E-state index is 0.156. The molecule has 15 heavy (non-hydrogen) atoms. The van der Waals surface area contributed by atoms with E-state index in [2.05, 4.69) is 22.6 Å². The average molecular weight is 318 g/mol. The predicted octanol–water partition coefficient (Wildman–Crippen LogP) is 1.83. The van der Waals surface area contributed by atoms with E-state index >= 15 is 0 Å². The van der Waals surface area contributed by atoms with E-state index in [1.54, 1.807) is 7.05 Å². The van der Waals surface area contributed by atoms with Crippen LogP contribution in [0.2, 0.25) is 0 Å². The van der Waals surface area contributed by atoms with Crippen LogP contribution in [0, 0.1) is 0 Å². The Morgan fingerprint density at radius 2 is 1.93 bits per heavy atom. The summed E-state index contributed by atoms with van der Waals surface area (Å²) in [6, 6.07) is 9.43. The Balaban J connectivity index is 2.99. The Labute approximate surface area is 103 Å². The summed E-state index contributed by atoms with van der Waals surface area (Å²) in [4.78, 5) is 12.1. The third-order valence-electron chi connectivity index (χ3n) is 2.28. The van der Waals surface area contributed by atoms with Crippen LogP contribution in [0.1, 0.15) is 18.5 Å². The van der Waals surface area contributed by atoms with Gasteiger partial charge in [-0.05, 0) is 5.56 Å². The van der Waals surface area contributed by atoms with Crippen LogP contribution in [-0.4, -0.2) is 22.0 Å². The molecule has 0 heterocycles. The second-order valence-corrected chi connectivity index (χ2v) is 5.37. The molecule has 2 atom stereocenters. The van der Waals surface area contributed by atoms with Gasteiger partial charge in [0.15, 0.2) is 0 Å². The van der Waals surface area contributed by atoms with Gasteiger partial charge in [-0.3, -0.25) is 0 Å². The quantitative estimate of drug-likeness (QED) is 0.630. The predicted molar refractivity (Wildman–Crippen MR) is 65.8 cm³/mol. The van der Waals surface area contributed by atoms with Crippen LogP contribution in [-0.2, 0) is 0 Å². The maximum atomic E-state index is 10.8. The van der Waals surface area contributed by atoms with Crippen LogP contribution < -0.4 is 5.11 Å². The number of amides is 1. The first kappa shape index (κ1) is 12.3. The van der Waals surface area contributed by atoms with Gasteiger partial charge < -0.3 is 14.8 Å². The van der Waals surface area contributed by atoms with Crippen molar-refractivity contribution in [3.8, 4) is 0 Å². The second kappa shape index (κ2) is 5.34. The molecule has 0 radical (unpaired) electrons. The fraction of sp³-hybridized carbons (Fsp3) is 0.364. The van der Waals surface area contributed by atoms with Crippen molar-refractivity contribution in [1.29, 1.82) is 0 Å². The molecule has 0 saturated carbocycles. The number of hydrogen-bond acceptors (Lipinski definition) is 2. The van der Waals surface area contributed by atoms with Gasteiger partial charge in [0, 0.05) is 11.0 Å². The summed E-state index contributed by atoms with van der Waals surface area (Å²) < 4.78 is 0.188. The lowest BCUT2D eigenvalue weighted by Crippen LogP contribution is -2.43. The fourth-order valence-corrected chi connectivity index (χ4v) is 2.46. The van der Waals surface area contributed by atoms with Crippen molar-refractivity contribution in [3.63, 3.8) is 0 Å². The molecular weight excluding hydrogens is 305 g/mol. The van der Waals surface area contributed by atoms with Gasteiger partial charge >= 0.3 is 0 Å². The third-order valence-corrected chi connectivity index (χ3v) is 2.96. The van der Waals surface area contributed by atoms with Gasteiger partial charge in [0.05, 0.1) is 6.04 Å². The summed E-state index contributed by atoms with van der Waals surface area (Å²) in [6.07, 6.45) is -1.15. The topological polar surface area (TPSA) is 43.4 Å². The highest BCUT2D eigenvalue weighted by atomic mass is 127. The molecule has 2 unspecified atom stereocenters. The van der Waals surface area contributed by atoms with Crippen LogP contribution >= 0.6 is 22.6 Å². The smallest absolute Gasteiger partial charge is 0.137 e. The normalized spacial score (nSPS) is 14.3. The molecule has 1 aromatic rings. The molecule has 0 N–H and O–H groups in total. The monoisotopic (exact) mass is 318 g/mol. The van der Waals surface area contributed by atoms with Crippen LogP contribution in [0.3, 0.4) is 0 Å². The Hall–Kier alpha value is -0.780.